The number of rotatable bonds is 2. The fourth-order valence-corrected chi connectivity index (χ4v) is 12.6. The van der Waals surface area contributed by atoms with Crippen molar-refractivity contribution in [3.8, 4) is 33.5 Å². The lowest BCUT2D eigenvalue weighted by Gasteiger charge is -2.61. The van der Waals surface area contributed by atoms with Gasteiger partial charge in [0.2, 0.25) is 0 Å². The minimum atomic E-state index is 0.183. The van der Waals surface area contributed by atoms with Crippen molar-refractivity contribution < 1.29 is 4.42 Å². The summed E-state index contributed by atoms with van der Waals surface area (Å²) in [6, 6.07) is 40.4. The molecule has 3 aromatic heterocycles. The van der Waals surface area contributed by atoms with E-state index in [1.54, 1.807) is 11.1 Å². The maximum absolute atomic E-state index is 6.33. The minimum Gasteiger partial charge on any atom is -0.455 e. The van der Waals surface area contributed by atoms with E-state index in [1.807, 2.05) is 29.7 Å². The van der Waals surface area contributed by atoms with Crippen molar-refractivity contribution >= 4 is 53.4 Å². The molecular weight excluding hydrogens is 603 g/mol. The van der Waals surface area contributed by atoms with Gasteiger partial charge in [0.05, 0.1) is 5.69 Å². The number of furan rings is 1. The third-order valence-corrected chi connectivity index (χ3v) is 14.1. The van der Waals surface area contributed by atoms with Gasteiger partial charge in [0.25, 0.3) is 0 Å². The molecule has 5 aliphatic carbocycles. The summed E-state index contributed by atoms with van der Waals surface area (Å²) in [5.74, 6) is 3.44. The van der Waals surface area contributed by atoms with Gasteiger partial charge in [0.15, 0.2) is 0 Å². The summed E-state index contributed by atoms with van der Waals surface area (Å²) < 4.78 is 9.24. The van der Waals surface area contributed by atoms with Crippen molar-refractivity contribution in [3.05, 3.63) is 127 Å². The number of pyridine rings is 1. The summed E-state index contributed by atoms with van der Waals surface area (Å²) in [6.07, 6.45) is 9.15. The third-order valence-electron chi connectivity index (χ3n) is 12.9. The molecule has 5 aliphatic rings. The molecule has 8 aromatic rings. The Bertz CT molecular complexity index is 2610. The monoisotopic (exact) mass is 635 g/mol. The van der Waals surface area contributed by atoms with E-state index in [0.717, 1.165) is 62.4 Å². The highest BCUT2D eigenvalue weighted by molar-refractivity contribution is 7.26. The summed E-state index contributed by atoms with van der Waals surface area (Å²) in [5, 5.41) is 5.08. The number of thiophene rings is 1. The van der Waals surface area contributed by atoms with Gasteiger partial charge in [-0.3, -0.25) is 4.98 Å². The average Bonchev–Trinajstić information content (AvgIpc) is 3.79. The second-order valence-electron chi connectivity index (χ2n) is 15.1. The van der Waals surface area contributed by atoms with Crippen LogP contribution in [-0.2, 0) is 5.41 Å². The minimum absolute atomic E-state index is 0.183. The fraction of sp³-hybridized carbons (Fsp3) is 0.222. The van der Waals surface area contributed by atoms with Crippen LogP contribution < -0.4 is 0 Å². The van der Waals surface area contributed by atoms with Gasteiger partial charge in [-0.1, -0.05) is 84.9 Å². The van der Waals surface area contributed by atoms with Crippen LogP contribution in [-0.4, -0.2) is 4.98 Å². The number of hydrogen-bond acceptors (Lipinski definition) is 3. The Labute approximate surface area is 283 Å². The SMILES string of the molecule is c1ccc2c(c1)-c1ccc3c(sc4ccc(-c5ccc(-c6cccc7c6oc6ccccc67)cn5)cc43)c1C21C2CC3CC(C2)CC1C3. The Morgan fingerprint density at radius 2 is 1.38 bits per heavy atom. The van der Waals surface area contributed by atoms with Gasteiger partial charge in [-0.05, 0) is 102 Å². The normalized spacial score (nSPS) is 25.2. The smallest absolute Gasteiger partial charge is 0.143 e. The van der Waals surface area contributed by atoms with Gasteiger partial charge in [0.1, 0.15) is 11.2 Å². The van der Waals surface area contributed by atoms with Gasteiger partial charge >= 0.3 is 0 Å². The second-order valence-corrected chi connectivity index (χ2v) is 16.2. The van der Waals surface area contributed by atoms with Crippen molar-refractivity contribution in [2.24, 2.45) is 23.7 Å². The highest BCUT2D eigenvalue weighted by Gasteiger charge is 2.62. The molecule has 2 nitrogen and oxygen atoms in total. The predicted octanol–water partition coefficient (Wildman–Crippen LogP) is 12.4. The third kappa shape index (κ3) is 3.26. The summed E-state index contributed by atoms with van der Waals surface area (Å²) >= 11 is 2.03. The number of fused-ring (bicyclic) bond motifs is 10. The maximum atomic E-state index is 6.33. The van der Waals surface area contributed by atoms with Crippen LogP contribution in [0, 0.1) is 23.7 Å². The van der Waals surface area contributed by atoms with Crippen LogP contribution in [0.1, 0.15) is 43.2 Å². The van der Waals surface area contributed by atoms with Gasteiger partial charge in [0, 0.05) is 59.2 Å². The molecule has 1 spiro atoms. The van der Waals surface area contributed by atoms with E-state index in [2.05, 4.69) is 97.1 Å². The quantitative estimate of drug-likeness (QED) is 0.189. The van der Waals surface area contributed by atoms with Crippen molar-refractivity contribution in [1.29, 1.82) is 0 Å². The Morgan fingerprint density at radius 3 is 2.23 bits per heavy atom. The highest BCUT2D eigenvalue weighted by atomic mass is 32.1. The lowest BCUT2D eigenvalue weighted by atomic mass is 9.43. The number of nitrogens with zero attached hydrogens (tertiary/aromatic N) is 1. The van der Waals surface area contributed by atoms with E-state index in [0.29, 0.717) is 0 Å². The molecule has 230 valence electrons. The van der Waals surface area contributed by atoms with E-state index in [1.165, 1.54) is 69.0 Å². The molecule has 0 atom stereocenters. The number of aromatic nitrogens is 1. The van der Waals surface area contributed by atoms with Crippen LogP contribution in [0.2, 0.25) is 0 Å². The molecule has 0 saturated heterocycles. The van der Waals surface area contributed by atoms with E-state index < -0.39 is 0 Å². The zero-order valence-corrected chi connectivity index (χ0v) is 27.4. The van der Waals surface area contributed by atoms with E-state index in [-0.39, 0.29) is 5.41 Å². The van der Waals surface area contributed by atoms with Crippen LogP contribution >= 0.6 is 11.3 Å². The predicted molar refractivity (Wildman–Crippen MR) is 199 cm³/mol. The molecule has 0 aliphatic heterocycles. The largest absolute Gasteiger partial charge is 0.455 e. The first kappa shape index (κ1) is 26.3. The zero-order valence-electron chi connectivity index (χ0n) is 26.6. The first-order valence-corrected chi connectivity index (χ1v) is 18.5. The molecule has 4 fully saturated rings. The van der Waals surface area contributed by atoms with Crippen LogP contribution in [0.15, 0.2) is 120 Å². The highest BCUT2D eigenvalue weighted by Crippen LogP contribution is 2.70. The van der Waals surface area contributed by atoms with E-state index in [4.69, 9.17) is 9.40 Å². The van der Waals surface area contributed by atoms with Gasteiger partial charge in [-0.2, -0.15) is 0 Å². The lowest BCUT2D eigenvalue weighted by Crippen LogP contribution is -2.55. The zero-order chi connectivity index (χ0) is 31.1. The van der Waals surface area contributed by atoms with E-state index in [9.17, 15) is 0 Å². The average molecular weight is 636 g/mol. The molecule has 0 unspecified atom stereocenters. The molecule has 4 saturated carbocycles. The van der Waals surface area contributed by atoms with Crippen LogP contribution in [0.4, 0.5) is 0 Å². The second kappa shape index (κ2) is 9.24. The summed E-state index contributed by atoms with van der Waals surface area (Å²) in [4.78, 5) is 5.02. The van der Waals surface area contributed by atoms with Gasteiger partial charge < -0.3 is 4.42 Å². The van der Waals surface area contributed by atoms with Crippen molar-refractivity contribution in [2.45, 2.75) is 37.5 Å². The standard InChI is InChI=1S/C45H33NOS/c1-3-10-38-32(6-1)34-14-15-36-37-23-27(13-17-41(37)48-44(36)42(34)45(38)29-19-25-18-26(21-29)22-30(45)20-25)39-16-12-28(24-46-39)31-8-5-9-35-33-7-2-4-11-40(33)47-43(31)35/h1-17,23-26,29-30H,18-22H2. The van der Waals surface area contributed by atoms with Crippen LogP contribution in [0.3, 0.4) is 0 Å². The molecular formula is C45H33NOS. The van der Waals surface area contributed by atoms with Crippen LogP contribution in [0.25, 0.3) is 75.6 Å². The Morgan fingerprint density at radius 1 is 0.604 bits per heavy atom. The van der Waals surface area contributed by atoms with Crippen molar-refractivity contribution in [3.63, 3.8) is 0 Å². The first-order valence-electron chi connectivity index (χ1n) is 17.7. The summed E-state index contributed by atoms with van der Waals surface area (Å²) in [6.45, 7) is 0. The fourth-order valence-electron chi connectivity index (χ4n) is 11.3. The molecule has 3 heteroatoms. The Kier molecular flexibility index (Phi) is 5.05. The molecule has 0 amide bonds. The van der Waals surface area contributed by atoms with Crippen molar-refractivity contribution in [2.75, 3.05) is 0 Å². The van der Waals surface area contributed by atoms with Gasteiger partial charge in [-0.15, -0.1) is 11.3 Å². The molecule has 48 heavy (non-hydrogen) atoms. The summed E-state index contributed by atoms with van der Waals surface area (Å²) in [7, 11) is 0. The maximum Gasteiger partial charge on any atom is 0.143 e. The molecule has 5 aromatic carbocycles. The van der Waals surface area contributed by atoms with Gasteiger partial charge in [-0.25, -0.2) is 0 Å². The molecule has 0 N–H and O–H groups in total. The summed E-state index contributed by atoms with van der Waals surface area (Å²) in [5.41, 5.74) is 12.7. The molecule has 0 radical (unpaired) electrons. The molecule has 13 rings (SSSR count). The number of benzene rings is 5. The molecule has 4 bridgehead atoms. The lowest BCUT2D eigenvalue weighted by molar-refractivity contribution is -0.0393. The van der Waals surface area contributed by atoms with E-state index >= 15 is 0 Å². The topological polar surface area (TPSA) is 26.0 Å². The number of hydrogen-bond donors (Lipinski definition) is 0. The first-order chi connectivity index (χ1) is 23.7. The van der Waals surface area contributed by atoms with Crippen molar-refractivity contribution in [1.82, 2.24) is 4.98 Å². The Balaban J connectivity index is 0.992. The number of para-hydroxylation sites is 2. The Hall–Kier alpha value is -4.73. The molecule has 3 heterocycles. The van der Waals surface area contributed by atoms with Crippen LogP contribution in [0.5, 0.6) is 0 Å².